The van der Waals surface area contributed by atoms with E-state index >= 15 is 0 Å². The highest BCUT2D eigenvalue weighted by molar-refractivity contribution is 7.80. The van der Waals surface area contributed by atoms with E-state index in [0.29, 0.717) is 11.6 Å². The Kier molecular flexibility index (Phi) is 3.79. The summed E-state index contributed by atoms with van der Waals surface area (Å²) >= 11 is 4.99. The number of rotatable bonds is 4. The summed E-state index contributed by atoms with van der Waals surface area (Å²) in [6.07, 6.45) is 1.78. The molecule has 0 amide bonds. The lowest BCUT2D eigenvalue weighted by atomic mass is 10.1. The molecule has 4 heteroatoms. The predicted molar refractivity (Wildman–Crippen MR) is 88.4 cm³/mol. The number of ether oxygens (including phenoxy) is 1. The molecule has 104 valence electrons. The van der Waals surface area contributed by atoms with Crippen molar-refractivity contribution in [3.05, 3.63) is 71.9 Å². The zero-order valence-electron chi connectivity index (χ0n) is 11.3. The molecule has 0 spiro atoms. The van der Waals surface area contributed by atoms with Crippen LogP contribution in [0.25, 0.3) is 10.9 Å². The first-order valence-electron chi connectivity index (χ1n) is 6.59. The van der Waals surface area contributed by atoms with Crippen LogP contribution in [0, 0.1) is 0 Å². The summed E-state index contributed by atoms with van der Waals surface area (Å²) in [5, 5.41) is 1.01. The second kappa shape index (κ2) is 5.89. The molecule has 3 aromatic rings. The zero-order valence-corrected chi connectivity index (χ0v) is 12.1. The van der Waals surface area contributed by atoms with Gasteiger partial charge in [0.2, 0.25) is 0 Å². The fourth-order valence-corrected chi connectivity index (χ4v) is 2.30. The summed E-state index contributed by atoms with van der Waals surface area (Å²) < 4.78 is 5.92. The molecule has 1 heterocycles. The van der Waals surface area contributed by atoms with Gasteiger partial charge in [-0.25, -0.2) is 0 Å². The Bertz CT molecular complexity index is 796. The molecule has 0 saturated carbocycles. The first kappa shape index (κ1) is 13.5. The van der Waals surface area contributed by atoms with Crippen LogP contribution in [0.1, 0.15) is 11.1 Å². The molecule has 3 rings (SSSR count). The second-order valence-corrected chi connectivity index (χ2v) is 5.12. The lowest BCUT2D eigenvalue weighted by Gasteiger charge is -2.09. The minimum Gasteiger partial charge on any atom is -0.488 e. The molecule has 0 aliphatic heterocycles. The van der Waals surface area contributed by atoms with Crippen molar-refractivity contribution in [2.45, 2.75) is 6.61 Å². The third-order valence-corrected chi connectivity index (χ3v) is 3.45. The van der Waals surface area contributed by atoms with E-state index in [1.54, 1.807) is 6.20 Å². The van der Waals surface area contributed by atoms with E-state index in [9.17, 15) is 0 Å². The van der Waals surface area contributed by atoms with Crippen molar-refractivity contribution in [1.29, 1.82) is 0 Å². The Labute approximate surface area is 128 Å². The Morgan fingerprint density at radius 2 is 1.95 bits per heavy atom. The van der Waals surface area contributed by atoms with E-state index < -0.39 is 0 Å². The largest absolute Gasteiger partial charge is 0.488 e. The smallest absolute Gasteiger partial charge is 0.129 e. The number of nitrogens with zero attached hydrogens (tertiary/aromatic N) is 1. The summed E-state index contributed by atoms with van der Waals surface area (Å²) in [7, 11) is 0. The fraction of sp³-hybridized carbons (Fsp3) is 0.0588. The molecule has 2 aromatic carbocycles. The van der Waals surface area contributed by atoms with Crippen LogP contribution < -0.4 is 10.5 Å². The monoisotopic (exact) mass is 294 g/mol. The van der Waals surface area contributed by atoms with E-state index in [0.717, 1.165) is 27.8 Å². The minimum absolute atomic E-state index is 0.395. The van der Waals surface area contributed by atoms with Gasteiger partial charge < -0.3 is 10.5 Å². The standard InChI is InChI=1S/C17H14N2OS/c18-17(21)13-5-1-4-12(10-13)11-20-16-8-2-7-15-14(16)6-3-9-19-15/h1-10H,11H2,(H2,18,21). The molecule has 0 radical (unpaired) electrons. The molecular formula is C17H14N2OS. The molecule has 1 aromatic heterocycles. The van der Waals surface area contributed by atoms with Gasteiger partial charge in [-0.3, -0.25) is 4.98 Å². The number of pyridine rings is 1. The van der Waals surface area contributed by atoms with Gasteiger partial charge >= 0.3 is 0 Å². The summed E-state index contributed by atoms with van der Waals surface area (Å²) in [6, 6.07) is 17.5. The van der Waals surface area contributed by atoms with E-state index in [2.05, 4.69) is 4.98 Å². The van der Waals surface area contributed by atoms with Gasteiger partial charge in [-0.1, -0.05) is 36.5 Å². The highest BCUT2D eigenvalue weighted by atomic mass is 32.1. The van der Waals surface area contributed by atoms with Gasteiger partial charge in [-0.05, 0) is 35.9 Å². The molecule has 0 aliphatic carbocycles. The van der Waals surface area contributed by atoms with Crippen molar-refractivity contribution in [1.82, 2.24) is 4.98 Å². The number of benzene rings is 2. The zero-order chi connectivity index (χ0) is 14.7. The summed E-state index contributed by atoms with van der Waals surface area (Å²) in [5.41, 5.74) is 8.45. The Balaban J connectivity index is 1.84. The highest BCUT2D eigenvalue weighted by Crippen LogP contribution is 2.24. The lowest BCUT2D eigenvalue weighted by molar-refractivity contribution is 0.310. The maximum absolute atomic E-state index is 5.92. The van der Waals surface area contributed by atoms with E-state index in [-0.39, 0.29) is 0 Å². The van der Waals surface area contributed by atoms with Gasteiger partial charge in [0.15, 0.2) is 0 Å². The number of fused-ring (bicyclic) bond motifs is 1. The molecule has 21 heavy (non-hydrogen) atoms. The average Bonchev–Trinajstić information content (AvgIpc) is 2.53. The third kappa shape index (κ3) is 3.01. The van der Waals surface area contributed by atoms with Gasteiger partial charge in [0.25, 0.3) is 0 Å². The maximum atomic E-state index is 5.92. The molecule has 0 unspecified atom stereocenters. The summed E-state index contributed by atoms with van der Waals surface area (Å²) in [5.74, 6) is 0.821. The van der Waals surface area contributed by atoms with Crippen LogP contribution in [0.4, 0.5) is 0 Å². The average molecular weight is 294 g/mol. The first-order chi connectivity index (χ1) is 10.2. The van der Waals surface area contributed by atoms with Gasteiger partial charge in [0.05, 0.1) is 5.52 Å². The molecule has 0 fully saturated rings. The van der Waals surface area contributed by atoms with Crippen molar-refractivity contribution in [3.63, 3.8) is 0 Å². The van der Waals surface area contributed by atoms with Crippen molar-refractivity contribution in [2.24, 2.45) is 5.73 Å². The van der Waals surface area contributed by atoms with Crippen molar-refractivity contribution < 1.29 is 4.74 Å². The fourth-order valence-electron chi connectivity index (χ4n) is 2.18. The highest BCUT2D eigenvalue weighted by Gasteiger charge is 2.03. The Hall–Kier alpha value is -2.46. The van der Waals surface area contributed by atoms with Gasteiger partial charge in [-0.2, -0.15) is 0 Å². The van der Waals surface area contributed by atoms with Crippen LogP contribution in [-0.2, 0) is 6.61 Å². The Morgan fingerprint density at radius 1 is 1.10 bits per heavy atom. The van der Waals surface area contributed by atoms with Gasteiger partial charge in [0, 0.05) is 17.1 Å². The number of hydrogen-bond donors (Lipinski definition) is 1. The molecule has 0 bridgehead atoms. The molecule has 0 saturated heterocycles. The van der Waals surface area contributed by atoms with Gasteiger partial charge in [0.1, 0.15) is 17.3 Å². The molecule has 0 aliphatic rings. The van der Waals surface area contributed by atoms with Crippen molar-refractivity contribution >= 4 is 28.1 Å². The third-order valence-electron chi connectivity index (χ3n) is 3.21. The van der Waals surface area contributed by atoms with Crippen LogP contribution in [0.2, 0.25) is 0 Å². The summed E-state index contributed by atoms with van der Waals surface area (Å²) in [4.78, 5) is 4.72. The molecule has 2 N–H and O–H groups in total. The van der Waals surface area contributed by atoms with Gasteiger partial charge in [-0.15, -0.1) is 0 Å². The van der Waals surface area contributed by atoms with Crippen LogP contribution in [-0.4, -0.2) is 9.97 Å². The molecule has 3 nitrogen and oxygen atoms in total. The molecular weight excluding hydrogens is 280 g/mol. The van der Waals surface area contributed by atoms with E-state index in [1.807, 2.05) is 54.6 Å². The SMILES string of the molecule is NC(=S)c1cccc(COc2cccc3ncccc23)c1. The van der Waals surface area contributed by atoms with Crippen molar-refractivity contribution in [3.8, 4) is 5.75 Å². The normalized spacial score (nSPS) is 10.5. The number of aromatic nitrogens is 1. The van der Waals surface area contributed by atoms with E-state index in [1.165, 1.54) is 0 Å². The first-order valence-corrected chi connectivity index (χ1v) is 7.00. The quantitative estimate of drug-likeness (QED) is 0.749. The van der Waals surface area contributed by atoms with E-state index in [4.69, 9.17) is 22.7 Å². The number of nitrogens with two attached hydrogens (primary N) is 1. The van der Waals surface area contributed by atoms with Crippen molar-refractivity contribution in [2.75, 3.05) is 0 Å². The maximum Gasteiger partial charge on any atom is 0.129 e. The number of hydrogen-bond acceptors (Lipinski definition) is 3. The minimum atomic E-state index is 0.395. The van der Waals surface area contributed by atoms with Crippen LogP contribution in [0.5, 0.6) is 5.75 Å². The summed E-state index contributed by atoms with van der Waals surface area (Å²) in [6.45, 7) is 0.463. The topological polar surface area (TPSA) is 48.1 Å². The van der Waals surface area contributed by atoms with Crippen LogP contribution >= 0.6 is 12.2 Å². The number of thiocarbonyl (C=S) groups is 1. The second-order valence-electron chi connectivity index (χ2n) is 4.68. The van der Waals surface area contributed by atoms with Crippen LogP contribution in [0.3, 0.4) is 0 Å². The molecule has 0 atom stereocenters. The predicted octanol–water partition coefficient (Wildman–Crippen LogP) is 3.45. The Morgan fingerprint density at radius 3 is 2.81 bits per heavy atom. The lowest BCUT2D eigenvalue weighted by Crippen LogP contribution is -2.09. The van der Waals surface area contributed by atoms with Crippen LogP contribution in [0.15, 0.2) is 60.8 Å².